The maximum Gasteiger partial charge on any atom is 0.178 e. The van der Waals surface area contributed by atoms with Gasteiger partial charge in [0.2, 0.25) is 0 Å². The van der Waals surface area contributed by atoms with Gasteiger partial charge in [-0.05, 0) is 61.7 Å². The van der Waals surface area contributed by atoms with Crippen LogP contribution >= 0.6 is 0 Å². The van der Waals surface area contributed by atoms with Gasteiger partial charge in [0.25, 0.3) is 0 Å². The van der Waals surface area contributed by atoms with Gasteiger partial charge >= 0.3 is 0 Å². The molecule has 0 aromatic heterocycles. The fourth-order valence-electron chi connectivity index (χ4n) is 7.42. The first-order valence-electron chi connectivity index (χ1n) is 9.97. The van der Waals surface area contributed by atoms with Gasteiger partial charge in [-0.25, -0.2) is 4.39 Å². The lowest BCUT2D eigenvalue weighted by Crippen LogP contribution is -2.62. The molecule has 0 amide bonds. The topological polar surface area (TPSA) is 74.6 Å². The molecule has 0 radical (unpaired) electrons. The fourth-order valence-corrected chi connectivity index (χ4v) is 7.42. The zero-order valence-electron chi connectivity index (χ0n) is 16.4. The molecular formula is C22H29FO4. The summed E-state index contributed by atoms with van der Waals surface area (Å²) in [6.07, 6.45) is 3.78. The maximum atomic E-state index is 15.2. The molecule has 148 valence electrons. The van der Waals surface area contributed by atoms with Gasteiger partial charge in [0.15, 0.2) is 11.6 Å². The number of fused-ring (bicyclic) bond motifs is 5. The van der Waals surface area contributed by atoms with Crippen molar-refractivity contribution in [1.29, 1.82) is 0 Å². The van der Waals surface area contributed by atoms with Crippen LogP contribution in [0.5, 0.6) is 0 Å². The Labute approximate surface area is 159 Å². The third-order valence-electron chi connectivity index (χ3n) is 8.59. The molecule has 0 aromatic carbocycles. The van der Waals surface area contributed by atoms with E-state index in [1.54, 1.807) is 6.08 Å². The van der Waals surface area contributed by atoms with Gasteiger partial charge in [-0.2, -0.15) is 0 Å². The van der Waals surface area contributed by atoms with Gasteiger partial charge in [-0.15, -0.1) is 0 Å². The highest BCUT2D eigenvalue weighted by Crippen LogP contribution is 2.68. The van der Waals surface area contributed by atoms with E-state index in [4.69, 9.17) is 0 Å². The van der Waals surface area contributed by atoms with E-state index in [1.807, 2.05) is 20.8 Å². The smallest absolute Gasteiger partial charge is 0.178 e. The molecule has 27 heavy (non-hydrogen) atoms. The first-order chi connectivity index (χ1) is 12.5. The third-order valence-corrected chi connectivity index (χ3v) is 8.59. The molecule has 0 aromatic rings. The molecule has 3 saturated carbocycles. The minimum atomic E-state index is -1.50. The molecule has 0 spiro atoms. The first kappa shape index (κ1) is 19.0. The molecule has 5 heteroatoms. The van der Waals surface area contributed by atoms with Crippen molar-refractivity contribution in [1.82, 2.24) is 0 Å². The quantitative estimate of drug-likeness (QED) is 0.738. The van der Waals surface area contributed by atoms with Crippen LogP contribution in [0.15, 0.2) is 23.8 Å². The van der Waals surface area contributed by atoms with Crippen molar-refractivity contribution in [3.63, 3.8) is 0 Å². The van der Waals surface area contributed by atoms with Gasteiger partial charge < -0.3 is 10.2 Å². The Balaban J connectivity index is 1.82. The van der Waals surface area contributed by atoms with Gasteiger partial charge in [-0.1, -0.05) is 26.8 Å². The summed E-state index contributed by atoms with van der Waals surface area (Å²) in [5.74, 6) is -1.13. The molecule has 2 N–H and O–H groups in total. The number of hydrogen-bond acceptors (Lipinski definition) is 4. The van der Waals surface area contributed by atoms with Crippen LogP contribution < -0.4 is 0 Å². The number of rotatable bonds is 1. The fraction of sp³-hybridized carbons (Fsp3) is 0.727. The number of ketones is 2. The molecule has 5 unspecified atom stereocenters. The molecular weight excluding hydrogens is 347 g/mol. The summed E-state index contributed by atoms with van der Waals surface area (Å²) >= 11 is 0. The van der Waals surface area contributed by atoms with Crippen molar-refractivity contribution in [3.8, 4) is 0 Å². The normalized spacial score (nSPS) is 54.0. The van der Waals surface area contributed by atoms with Crippen LogP contribution in [0.1, 0.15) is 47.0 Å². The third kappa shape index (κ3) is 2.16. The lowest BCUT2D eigenvalue weighted by atomic mass is 9.46. The van der Waals surface area contributed by atoms with Crippen LogP contribution in [0, 0.1) is 34.5 Å². The number of Topliss-reactive ketones (excluding diaryl/α,β-unsaturated/α-hetero) is 1. The van der Waals surface area contributed by atoms with E-state index in [-0.39, 0.29) is 41.7 Å². The Morgan fingerprint density at radius 2 is 1.96 bits per heavy atom. The van der Waals surface area contributed by atoms with Crippen molar-refractivity contribution in [3.05, 3.63) is 23.8 Å². The summed E-state index contributed by atoms with van der Waals surface area (Å²) < 4.78 is 15.2. The van der Waals surface area contributed by atoms with E-state index >= 15 is 4.39 Å². The predicted octanol–water partition coefficient (Wildman–Crippen LogP) is 2.78. The van der Waals surface area contributed by atoms with E-state index in [0.29, 0.717) is 18.4 Å². The Morgan fingerprint density at radius 3 is 2.59 bits per heavy atom. The highest BCUT2D eigenvalue weighted by atomic mass is 19.1. The Morgan fingerprint density at radius 1 is 1.30 bits per heavy atom. The number of alkyl halides is 1. The summed E-state index contributed by atoms with van der Waals surface area (Å²) in [7, 11) is 0. The Bertz CT molecular complexity index is 772. The highest BCUT2D eigenvalue weighted by Gasteiger charge is 2.70. The van der Waals surface area contributed by atoms with E-state index in [0.717, 1.165) is 0 Å². The minimum absolute atomic E-state index is 0.0440. The van der Waals surface area contributed by atoms with Crippen LogP contribution in [0.4, 0.5) is 4.39 Å². The largest absolute Gasteiger partial charge is 0.393 e. The maximum absolute atomic E-state index is 15.2. The average molecular weight is 376 g/mol. The number of halogens is 1. The molecule has 9 atom stereocenters. The van der Waals surface area contributed by atoms with Gasteiger partial charge in [0.05, 0.1) is 6.10 Å². The Kier molecular flexibility index (Phi) is 3.94. The van der Waals surface area contributed by atoms with Crippen LogP contribution in [-0.2, 0) is 9.59 Å². The van der Waals surface area contributed by atoms with Crippen LogP contribution in [0.2, 0.25) is 0 Å². The number of carbonyl (C=O) groups is 2. The van der Waals surface area contributed by atoms with Gasteiger partial charge in [0, 0.05) is 16.7 Å². The summed E-state index contributed by atoms with van der Waals surface area (Å²) in [6, 6.07) is 0. The summed E-state index contributed by atoms with van der Waals surface area (Å²) in [5.41, 5.74) is -2.52. The average Bonchev–Trinajstić information content (AvgIpc) is 2.78. The SMILES string of the molecule is CC(=O)[C@@]1(O)[C@H](C)C[C@H]2C3C[C@H](F)C4=CC(=O)C=CC4(C)C3C(O)CC21C. The number of hydrogen-bond donors (Lipinski definition) is 2. The lowest BCUT2D eigenvalue weighted by molar-refractivity contribution is -0.182. The van der Waals surface area contributed by atoms with Crippen molar-refractivity contribution in [2.75, 3.05) is 0 Å². The molecule has 0 saturated heterocycles. The van der Waals surface area contributed by atoms with Crippen molar-refractivity contribution < 1.29 is 24.2 Å². The van der Waals surface area contributed by atoms with Crippen molar-refractivity contribution >= 4 is 11.6 Å². The van der Waals surface area contributed by atoms with Crippen LogP contribution in [-0.4, -0.2) is 39.7 Å². The van der Waals surface area contributed by atoms with Gasteiger partial charge in [0.1, 0.15) is 11.8 Å². The van der Waals surface area contributed by atoms with Crippen molar-refractivity contribution in [2.45, 2.75) is 64.8 Å². The van der Waals surface area contributed by atoms with Crippen molar-refractivity contribution in [2.24, 2.45) is 34.5 Å². The lowest BCUT2D eigenvalue weighted by Gasteiger charge is -2.60. The second-order valence-corrected chi connectivity index (χ2v) is 9.77. The molecule has 4 nitrogen and oxygen atoms in total. The zero-order chi connectivity index (χ0) is 19.9. The Hall–Kier alpha value is -1.33. The zero-order valence-corrected chi connectivity index (χ0v) is 16.4. The summed E-state index contributed by atoms with van der Waals surface area (Å²) in [5, 5.41) is 22.6. The van der Waals surface area contributed by atoms with E-state index < -0.39 is 28.7 Å². The molecule has 4 aliphatic rings. The van der Waals surface area contributed by atoms with E-state index in [2.05, 4.69) is 0 Å². The monoisotopic (exact) mass is 376 g/mol. The first-order valence-corrected chi connectivity index (χ1v) is 9.97. The summed E-state index contributed by atoms with van der Waals surface area (Å²) in [4.78, 5) is 24.3. The second-order valence-electron chi connectivity index (χ2n) is 9.77. The number of aliphatic hydroxyl groups excluding tert-OH is 1. The van der Waals surface area contributed by atoms with Gasteiger partial charge in [-0.3, -0.25) is 9.59 Å². The van der Waals surface area contributed by atoms with E-state index in [9.17, 15) is 19.8 Å². The standard InChI is InChI=1S/C22H29FO4/c1-11-7-15-14-9-17(23)16-8-13(25)5-6-20(16,3)19(14)18(26)10-21(15,4)22(11,27)12(2)24/h5-6,8,11,14-15,17-19,26-27H,7,9-10H2,1-4H3/t11-,14?,15+,17+,18?,19?,20?,21?,22+/m1/s1. The van der Waals surface area contributed by atoms with E-state index in [1.165, 1.54) is 19.1 Å². The minimum Gasteiger partial charge on any atom is -0.393 e. The van der Waals surface area contributed by atoms with Crippen LogP contribution in [0.3, 0.4) is 0 Å². The molecule has 0 heterocycles. The number of allylic oxidation sites excluding steroid dienone is 4. The predicted molar refractivity (Wildman–Crippen MR) is 98.5 cm³/mol. The molecule has 3 fully saturated rings. The number of carbonyl (C=O) groups excluding carboxylic acids is 2. The van der Waals surface area contributed by atoms with Crippen LogP contribution in [0.25, 0.3) is 0 Å². The molecule has 4 rings (SSSR count). The molecule has 4 aliphatic carbocycles. The molecule has 0 aliphatic heterocycles. The molecule has 0 bridgehead atoms. The summed E-state index contributed by atoms with van der Waals surface area (Å²) in [6.45, 7) is 7.10. The number of aliphatic hydroxyl groups is 2. The second kappa shape index (κ2) is 5.60. The highest BCUT2D eigenvalue weighted by molar-refractivity contribution is 6.01.